The number of hydrogen-bond acceptors (Lipinski definition) is 13. The van der Waals surface area contributed by atoms with Crippen molar-refractivity contribution in [3.8, 4) is 23.0 Å². The van der Waals surface area contributed by atoms with Crippen LogP contribution in [0.4, 0.5) is 0 Å². The highest BCUT2D eigenvalue weighted by molar-refractivity contribution is 6.22. The third-order valence-corrected chi connectivity index (χ3v) is 6.11. The lowest BCUT2D eigenvalue weighted by molar-refractivity contribution is -0.327. The molecule has 2 aromatic carbocycles. The SMILES string of the molecule is COc1c(OC2OC(OC)C(O)C(O)C2O)cc2c(=O)oc3c4c(cc5c(=O)oc1c2c35)OCO4. The van der Waals surface area contributed by atoms with Gasteiger partial charge in [0.05, 0.1) is 17.9 Å². The largest absolute Gasteiger partial charge is 0.490 e. The molecule has 0 saturated carbocycles. The van der Waals surface area contributed by atoms with E-state index >= 15 is 0 Å². The molecule has 4 aromatic rings. The van der Waals surface area contributed by atoms with Crippen LogP contribution in [0.25, 0.3) is 32.7 Å². The van der Waals surface area contributed by atoms with E-state index in [1.807, 2.05) is 0 Å². The molecule has 2 aliphatic heterocycles. The summed E-state index contributed by atoms with van der Waals surface area (Å²) in [6.45, 7) is -0.111. The van der Waals surface area contributed by atoms with E-state index in [0.29, 0.717) is 0 Å². The maximum Gasteiger partial charge on any atom is 0.344 e. The van der Waals surface area contributed by atoms with Gasteiger partial charge in [0, 0.05) is 17.9 Å². The van der Waals surface area contributed by atoms with Crippen LogP contribution in [-0.2, 0) is 9.47 Å². The maximum atomic E-state index is 13.0. The van der Waals surface area contributed by atoms with Crippen LogP contribution in [0.3, 0.4) is 0 Å². The highest BCUT2D eigenvalue weighted by atomic mass is 16.8. The van der Waals surface area contributed by atoms with Crippen LogP contribution in [0.2, 0.25) is 0 Å². The van der Waals surface area contributed by atoms with Gasteiger partial charge in [-0.15, -0.1) is 0 Å². The van der Waals surface area contributed by atoms with Gasteiger partial charge < -0.3 is 52.6 Å². The second-order valence-corrected chi connectivity index (χ2v) is 8.00. The fourth-order valence-corrected chi connectivity index (χ4v) is 4.45. The minimum absolute atomic E-state index is 0.0206. The smallest absolute Gasteiger partial charge is 0.344 e. The zero-order valence-corrected chi connectivity index (χ0v) is 18.2. The topological polar surface area (TPSA) is 176 Å². The van der Waals surface area contributed by atoms with Crippen LogP contribution >= 0.6 is 0 Å². The van der Waals surface area contributed by atoms with E-state index in [1.165, 1.54) is 26.4 Å². The molecule has 2 aromatic heterocycles. The van der Waals surface area contributed by atoms with Gasteiger partial charge in [0.15, 0.2) is 29.0 Å². The molecular weight excluding hydrogens is 472 g/mol. The van der Waals surface area contributed by atoms with E-state index in [0.717, 1.165) is 0 Å². The molecule has 184 valence electrons. The van der Waals surface area contributed by atoms with Gasteiger partial charge in [-0.3, -0.25) is 0 Å². The summed E-state index contributed by atoms with van der Waals surface area (Å²) in [6.07, 6.45) is -7.77. The summed E-state index contributed by atoms with van der Waals surface area (Å²) in [5, 5.41) is 31.1. The Kier molecular flexibility index (Phi) is 4.81. The third-order valence-electron chi connectivity index (χ3n) is 6.11. The Morgan fingerprint density at radius 1 is 0.857 bits per heavy atom. The standard InChI is InChI=1S/C22H18O13/c1-28-15-9(32-22-14(25)12(23)13(24)21(29-2)35-22)4-7-10-11-6(19(26)33-17(10)15)3-8-16(31-5-30-8)18(11)34-20(7)27/h3-4,12-14,21-25H,5H2,1-2H3. The summed E-state index contributed by atoms with van der Waals surface area (Å²) in [7, 11) is 2.51. The fraction of sp³-hybridized carbons (Fsp3) is 0.364. The molecule has 3 N–H and O–H groups in total. The molecule has 6 rings (SSSR count). The Morgan fingerprint density at radius 2 is 1.51 bits per heavy atom. The molecule has 5 atom stereocenters. The summed E-state index contributed by atoms with van der Waals surface area (Å²) in [4.78, 5) is 25.9. The first kappa shape index (κ1) is 21.9. The van der Waals surface area contributed by atoms with E-state index in [1.54, 1.807) is 0 Å². The zero-order valence-electron chi connectivity index (χ0n) is 18.2. The van der Waals surface area contributed by atoms with Gasteiger partial charge in [-0.2, -0.15) is 0 Å². The van der Waals surface area contributed by atoms with E-state index in [2.05, 4.69) is 0 Å². The summed E-state index contributed by atoms with van der Waals surface area (Å²) >= 11 is 0. The van der Waals surface area contributed by atoms with Crippen molar-refractivity contribution in [1.82, 2.24) is 0 Å². The molecule has 13 heteroatoms. The molecule has 0 aliphatic carbocycles. The lowest BCUT2D eigenvalue weighted by Crippen LogP contribution is -2.59. The molecule has 13 nitrogen and oxygen atoms in total. The fourth-order valence-electron chi connectivity index (χ4n) is 4.45. The average Bonchev–Trinajstić information content (AvgIpc) is 3.32. The van der Waals surface area contributed by atoms with Crippen molar-refractivity contribution >= 4 is 32.7 Å². The normalized spacial score (nSPS) is 26.1. The van der Waals surface area contributed by atoms with Crippen molar-refractivity contribution in [2.75, 3.05) is 21.0 Å². The number of hydrogen-bond donors (Lipinski definition) is 3. The molecule has 0 bridgehead atoms. The van der Waals surface area contributed by atoms with Crippen LogP contribution in [0.5, 0.6) is 23.0 Å². The Bertz CT molecular complexity index is 1570. The Morgan fingerprint density at radius 3 is 2.23 bits per heavy atom. The first-order valence-electron chi connectivity index (χ1n) is 10.4. The van der Waals surface area contributed by atoms with Crippen LogP contribution < -0.4 is 30.2 Å². The third kappa shape index (κ3) is 3.00. The number of fused-ring (bicyclic) bond motifs is 2. The Hall–Kier alpha value is -3.62. The molecule has 4 heterocycles. The highest BCUT2D eigenvalue weighted by Gasteiger charge is 2.45. The second kappa shape index (κ2) is 7.69. The van der Waals surface area contributed by atoms with Gasteiger partial charge in [0.25, 0.3) is 0 Å². The second-order valence-electron chi connectivity index (χ2n) is 8.00. The van der Waals surface area contributed by atoms with Gasteiger partial charge in [0.2, 0.25) is 24.6 Å². The predicted molar refractivity (Wildman–Crippen MR) is 114 cm³/mol. The van der Waals surface area contributed by atoms with Crippen molar-refractivity contribution < 1.29 is 52.6 Å². The Balaban J connectivity index is 1.59. The summed E-state index contributed by atoms with van der Waals surface area (Å²) < 4.78 is 43.4. The van der Waals surface area contributed by atoms with Gasteiger partial charge in [-0.1, -0.05) is 0 Å². The number of benzene rings is 2. The molecule has 5 unspecified atom stereocenters. The predicted octanol–water partition coefficient (Wildman–Crippen LogP) is 0.0180. The van der Waals surface area contributed by atoms with Crippen molar-refractivity contribution in [2.45, 2.75) is 30.9 Å². The van der Waals surface area contributed by atoms with Crippen molar-refractivity contribution in [2.24, 2.45) is 0 Å². The first-order chi connectivity index (χ1) is 16.8. The lowest BCUT2D eigenvalue weighted by Gasteiger charge is -2.39. The monoisotopic (exact) mass is 490 g/mol. The summed E-state index contributed by atoms with van der Waals surface area (Å²) in [5.41, 5.74) is -1.67. The quantitative estimate of drug-likeness (QED) is 0.258. The van der Waals surface area contributed by atoms with E-state index in [4.69, 9.17) is 37.3 Å². The number of aliphatic hydroxyl groups is 3. The van der Waals surface area contributed by atoms with Crippen LogP contribution in [0.15, 0.2) is 30.6 Å². The molecule has 35 heavy (non-hydrogen) atoms. The maximum absolute atomic E-state index is 13.0. The zero-order chi connectivity index (χ0) is 24.6. The lowest BCUT2D eigenvalue weighted by atomic mass is 10.0. The van der Waals surface area contributed by atoms with Crippen molar-refractivity contribution in [1.29, 1.82) is 0 Å². The van der Waals surface area contributed by atoms with Gasteiger partial charge in [-0.05, 0) is 12.1 Å². The average molecular weight is 490 g/mol. The van der Waals surface area contributed by atoms with Crippen molar-refractivity contribution in [3.63, 3.8) is 0 Å². The minimum atomic E-state index is -1.70. The van der Waals surface area contributed by atoms with Crippen LogP contribution in [0.1, 0.15) is 0 Å². The number of aliphatic hydroxyl groups excluding tert-OH is 3. The summed E-state index contributed by atoms with van der Waals surface area (Å²) in [6, 6.07) is 2.71. The minimum Gasteiger partial charge on any atom is -0.490 e. The molecule has 0 spiro atoms. The molecule has 0 radical (unpaired) electrons. The van der Waals surface area contributed by atoms with E-state index in [9.17, 15) is 24.9 Å². The van der Waals surface area contributed by atoms with Crippen LogP contribution in [-0.4, -0.2) is 67.2 Å². The Labute approximate surface area is 193 Å². The van der Waals surface area contributed by atoms with Gasteiger partial charge in [0.1, 0.15) is 18.3 Å². The van der Waals surface area contributed by atoms with E-state index in [-0.39, 0.29) is 62.5 Å². The van der Waals surface area contributed by atoms with Gasteiger partial charge >= 0.3 is 11.3 Å². The van der Waals surface area contributed by atoms with Crippen molar-refractivity contribution in [3.05, 3.63) is 33.0 Å². The highest BCUT2D eigenvalue weighted by Crippen LogP contribution is 2.47. The van der Waals surface area contributed by atoms with E-state index < -0.39 is 42.1 Å². The molecular formula is C22H18O13. The summed E-state index contributed by atoms with van der Waals surface area (Å²) in [5.74, 6) is 0.159. The number of methoxy groups -OCH3 is 2. The first-order valence-corrected chi connectivity index (χ1v) is 10.4. The molecule has 1 saturated heterocycles. The molecule has 0 amide bonds. The molecule has 2 aliphatic rings. The molecule has 1 fully saturated rings. The number of rotatable bonds is 4. The van der Waals surface area contributed by atoms with Crippen LogP contribution in [0, 0.1) is 0 Å². The number of ether oxygens (including phenoxy) is 6. The van der Waals surface area contributed by atoms with Gasteiger partial charge in [-0.25, -0.2) is 9.59 Å².